The molecular formula is C24H25FN4O4. The predicted molar refractivity (Wildman–Crippen MR) is 120 cm³/mol. The summed E-state index contributed by atoms with van der Waals surface area (Å²) in [5.74, 6) is -0.334. The van der Waals surface area contributed by atoms with E-state index in [0.717, 1.165) is 27.1 Å². The van der Waals surface area contributed by atoms with E-state index in [1.165, 1.54) is 12.1 Å². The van der Waals surface area contributed by atoms with Gasteiger partial charge in [-0.3, -0.25) is 14.5 Å². The molecule has 2 N–H and O–H groups in total. The Labute approximate surface area is 190 Å². The summed E-state index contributed by atoms with van der Waals surface area (Å²) in [5, 5.41) is 6.26. The molecule has 172 valence electrons. The number of carbonyl (C=O) groups is 3. The second-order valence-corrected chi connectivity index (χ2v) is 7.86. The molecule has 1 saturated heterocycles. The number of benzene rings is 2. The lowest BCUT2D eigenvalue weighted by atomic mass is 10.1. The standard InChI is InChI=1S/C24H25FN4O4/c1-33-19-6-2-16(3-7-19)8-12-29-23(31)20(27-24(29)32)15-22(30)26-10-13-28-11-9-17-4-5-18(25)14-21(17)28/h2-7,9,11,14,20H,8,10,12-13,15H2,1H3,(H,26,30)(H,27,32). The number of carbonyl (C=O) groups excluding carboxylic acids is 3. The number of methoxy groups -OCH3 is 1. The number of nitrogens with one attached hydrogen (secondary N) is 2. The lowest BCUT2D eigenvalue weighted by molar-refractivity contribution is -0.130. The molecule has 33 heavy (non-hydrogen) atoms. The minimum atomic E-state index is -0.880. The van der Waals surface area contributed by atoms with E-state index in [9.17, 15) is 18.8 Å². The number of fused-ring (bicyclic) bond motifs is 1. The van der Waals surface area contributed by atoms with Crippen molar-refractivity contribution < 1.29 is 23.5 Å². The molecule has 0 saturated carbocycles. The molecule has 1 aliphatic heterocycles. The number of hydrogen-bond donors (Lipinski definition) is 2. The number of urea groups is 1. The van der Waals surface area contributed by atoms with Crippen LogP contribution in [0.3, 0.4) is 0 Å². The summed E-state index contributed by atoms with van der Waals surface area (Å²) in [6, 6.07) is 12.5. The summed E-state index contributed by atoms with van der Waals surface area (Å²) in [4.78, 5) is 38.3. The quantitative estimate of drug-likeness (QED) is 0.488. The summed E-state index contributed by atoms with van der Waals surface area (Å²) in [5.41, 5.74) is 1.71. The monoisotopic (exact) mass is 452 g/mol. The van der Waals surface area contributed by atoms with Crippen LogP contribution in [0.15, 0.2) is 54.7 Å². The van der Waals surface area contributed by atoms with Crippen molar-refractivity contribution in [3.63, 3.8) is 0 Å². The van der Waals surface area contributed by atoms with Gasteiger partial charge in [0.05, 0.1) is 19.0 Å². The molecule has 8 nitrogen and oxygen atoms in total. The van der Waals surface area contributed by atoms with E-state index in [1.807, 2.05) is 41.1 Å². The van der Waals surface area contributed by atoms with E-state index < -0.39 is 18.0 Å². The lowest BCUT2D eigenvalue weighted by Crippen LogP contribution is -2.37. The number of aromatic nitrogens is 1. The van der Waals surface area contributed by atoms with E-state index >= 15 is 0 Å². The molecule has 2 aromatic carbocycles. The first-order valence-corrected chi connectivity index (χ1v) is 10.7. The lowest BCUT2D eigenvalue weighted by Gasteiger charge is -2.13. The Kier molecular flexibility index (Phi) is 6.58. The van der Waals surface area contributed by atoms with Crippen LogP contribution in [0.1, 0.15) is 12.0 Å². The van der Waals surface area contributed by atoms with Crippen LogP contribution in [0.5, 0.6) is 5.75 Å². The first-order chi connectivity index (χ1) is 15.9. The number of halogens is 1. The summed E-state index contributed by atoms with van der Waals surface area (Å²) in [6.45, 7) is 0.999. The molecule has 3 aromatic rings. The normalized spacial score (nSPS) is 15.7. The van der Waals surface area contributed by atoms with Gasteiger partial charge in [0.2, 0.25) is 5.91 Å². The Hall–Kier alpha value is -3.88. The first-order valence-electron chi connectivity index (χ1n) is 10.7. The van der Waals surface area contributed by atoms with E-state index in [4.69, 9.17) is 4.74 Å². The van der Waals surface area contributed by atoms with E-state index in [-0.39, 0.29) is 24.7 Å². The van der Waals surface area contributed by atoms with Crippen molar-refractivity contribution >= 4 is 28.7 Å². The van der Waals surface area contributed by atoms with Gasteiger partial charge < -0.3 is 19.9 Å². The molecule has 4 rings (SSSR count). The molecule has 9 heteroatoms. The zero-order valence-electron chi connectivity index (χ0n) is 18.2. The van der Waals surface area contributed by atoms with Crippen LogP contribution in [0, 0.1) is 5.82 Å². The van der Waals surface area contributed by atoms with Crippen LogP contribution >= 0.6 is 0 Å². The van der Waals surface area contributed by atoms with Crippen LogP contribution in [0.2, 0.25) is 0 Å². The Morgan fingerprint density at radius 3 is 2.67 bits per heavy atom. The summed E-state index contributed by atoms with van der Waals surface area (Å²) in [7, 11) is 1.59. The first kappa shape index (κ1) is 22.3. The second-order valence-electron chi connectivity index (χ2n) is 7.86. The van der Waals surface area contributed by atoms with Gasteiger partial charge in [-0.25, -0.2) is 9.18 Å². The van der Waals surface area contributed by atoms with Gasteiger partial charge in [-0.1, -0.05) is 12.1 Å². The van der Waals surface area contributed by atoms with Crippen LogP contribution in [0.25, 0.3) is 10.9 Å². The summed E-state index contributed by atoms with van der Waals surface area (Å²) in [6.07, 6.45) is 2.20. The molecule has 1 atom stereocenters. The molecule has 0 bridgehead atoms. The number of nitrogens with zero attached hydrogens (tertiary/aromatic N) is 2. The summed E-state index contributed by atoms with van der Waals surface area (Å²) < 4.78 is 20.5. The smallest absolute Gasteiger partial charge is 0.324 e. The number of hydrogen-bond acceptors (Lipinski definition) is 4. The highest BCUT2D eigenvalue weighted by molar-refractivity contribution is 6.05. The molecule has 0 spiro atoms. The van der Waals surface area contributed by atoms with E-state index in [1.54, 1.807) is 13.2 Å². The Bertz CT molecular complexity index is 1170. The van der Waals surface area contributed by atoms with Gasteiger partial charge in [-0.2, -0.15) is 0 Å². The van der Waals surface area contributed by atoms with Crippen molar-refractivity contribution in [2.75, 3.05) is 20.2 Å². The third kappa shape index (κ3) is 5.14. The molecule has 1 fully saturated rings. The third-order valence-corrected chi connectivity index (χ3v) is 5.69. The van der Waals surface area contributed by atoms with Crippen molar-refractivity contribution in [2.24, 2.45) is 0 Å². The number of rotatable bonds is 9. The molecular weight excluding hydrogens is 427 g/mol. The third-order valence-electron chi connectivity index (χ3n) is 5.69. The van der Waals surface area contributed by atoms with Gasteiger partial charge in [0.1, 0.15) is 17.6 Å². The van der Waals surface area contributed by atoms with Gasteiger partial charge in [0, 0.05) is 25.8 Å². The Morgan fingerprint density at radius 1 is 1.12 bits per heavy atom. The van der Waals surface area contributed by atoms with Gasteiger partial charge in [0.25, 0.3) is 5.91 Å². The fraction of sp³-hybridized carbons (Fsp3) is 0.292. The van der Waals surface area contributed by atoms with Crippen molar-refractivity contribution in [1.82, 2.24) is 20.1 Å². The van der Waals surface area contributed by atoms with Crippen LogP contribution < -0.4 is 15.4 Å². The maximum absolute atomic E-state index is 13.5. The highest BCUT2D eigenvalue weighted by atomic mass is 19.1. The summed E-state index contributed by atoms with van der Waals surface area (Å²) >= 11 is 0. The average molecular weight is 452 g/mol. The Balaban J connectivity index is 1.25. The van der Waals surface area contributed by atoms with Crippen molar-refractivity contribution in [1.29, 1.82) is 0 Å². The highest BCUT2D eigenvalue weighted by Crippen LogP contribution is 2.17. The predicted octanol–water partition coefficient (Wildman–Crippen LogP) is 2.46. The van der Waals surface area contributed by atoms with Gasteiger partial charge >= 0.3 is 6.03 Å². The molecule has 4 amide bonds. The number of ether oxygens (including phenoxy) is 1. The fourth-order valence-corrected chi connectivity index (χ4v) is 3.89. The van der Waals surface area contributed by atoms with Crippen molar-refractivity contribution in [3.8, 4) is 5.75 Å². The maximum Gasteiger partial charge on any atom is 0.324 e. The topological polar surface area (TPSA) is 92.7 Å². The van der Waals surface area contributed by atoms with Crippen LogP contribution in [0.4, 0.5) is 9.18 Å². The van der Waals surface area contributed by atoms with E-state index in [2.05, 4.69) is 10.6 Å². The zero-order valence-corrected chi connectivity index (χ0v) is 18.2. The average Bonchev–Trinajstić information content (AvgIpc) is 3.32. The molecule has 2 heterocycles. The van der Waals surface area contributed by atoms with Crippen molar-refractivity contribution in [2.45, 2.75) is 25.4 Å². The van der Waals surface area contributed by atoms with Crippen LogP contribution in [-0.2, 0) is 22.6 Å². The molecule has 1 unspecified atom stereocenters. The number of amides is 4. The minimum Gasteiger partial charge on any atom is -0.497 e. The van der Waals surface area contributed by atoms with Gasteiger partial charge in [-0.15, -0.1) is 0 Å². The SMILES string of the molecule is COc1ccc(CCN2C(=O)NC(CC(=O)NCCn3ccc4ccc(F)cc43)C2=O)cc1. The van der Waals surface area contributed by atoms with Crippen LogP contribution in [-0.4, -0.2) is 53.6 Å². The molecule has 1 aromatic heterocycles. The zero-order chi connectivity index (χ0) is 23.4. The largest absolute Gasteiger partial charge is 0.497 e. The maximum atomic E-state index is 13.5. The molecule has 1 aliphatic rings. The molecule has 0 aliphatic carbocycles. The van der Waals surface area contributed by atoms with Gasteiger partial charge in [-0.05, 0) is 53.8 Å². The second kappa shape index (κ2) is 9.72. The highest BCUT2D eigenvalue weighted by Gasteiger charge is 2.38. The fourth-order valence-electron chi connectivity index (χ4n) is 3.89. The molecule has 0 radical (unpaired) electrons. The Morgan fingerprint density at radius 2 is 1.91 bits per heavy atom. The van der Waals surface area contributed by atoms with E-state index in [0.29, 0.717) is 19.5 Å². The van der Waals surface area contributed by atoms with Gasteiger partial charge in [0.15, 0.2) is 0 Å². The minimum absolute atomic E-state index is 0.134. The number of imide groups is 1. The van der Waals surface area contributed by atoms with Crippen molar-refractivity contribution in [3.05, 3.63) is 66.1 Å².